The molecule has 0 saturated heterocycles. The van der Waals surface area contributed by atoms with Gasteiger partial charge in [-0.25, -0.2) is 9.78 Å². The van der Waals surface area contributed by atoms with Crippen LogP contribution in [0.2, 0.25) is 5.02 Å². The van der Waals surface area contributed by atoms with E-state index in [-0.39, 0.29) is 34.3 Å². The van der Waals surface area contributed by atoms with Crippen LogP contribution in [0.15, 0.2) is 18.2 Å². The Kier molecular flexibility index (Phi) is 5.87. The first kappa shape index (κ1) is 20.5. The highest BCUT2D eigenvalue weighted by molar-refractivity contribution is 7.15. The summed E-state index contributed by atoms with van der Waals surface area (Å²) in [7, 11) is 0. The molecule has 2 aromatic rings. The fourth-order valence-electron chi connectivity index (χ4n) is 3.78. The van der Waals surface area contributed by atoms with E-state index in [0.29, 0.717) is 24.6 Å². The molecule has 0 atom stereocenters. The number of carbonyl (C=O) groups excluding carboxylic acids is 2. The third-order valence-electron chi connectivity index (χ3n) is 5.32. The van der Waals surface area contributed by atoms with Gasteiger partial charge in [0.15, 0.2) is 5.13 Å². The number of hydrogen-bond acceptors (Lipinski definition) is 6. The number of fused-ring (bicyclic) bond motifs is 1. The molecule has 11 heteroatoms. The van der Waals surface area contributed by atoms with E-state index in [0.717, 1.165) is 36.3 Å². The lowest BCUT2D eigenvalue weighted by atomic mass is 10.1. The van der Waals surface area contributed by atoms with Crippen molar-refractivity contribution in [3.8, 4) is 0 Å². The third-order valence-corrected chi connectivity index (χ3v) is 6.64. The Morgan fingerprint density at radius 3 is 2.80 bits per heavy atom. The van der Waals surface area contributed by atoms with Crippen LogP contribution >= 0.6 is 22.9 Å². The zero-order chi connectivity index (χ0) is 21.3. The number of urea groups is 1. The Morgan fingerprint density at radius 2 is 2.07 bits per heavy atom. The number of nitro benzene ring substituents is 1. The van der Waals surface area contributed by atoms with E-state index in [4.69, 9.17) is 11.6 Å². The number of halogens is 1. The number of anilines is 1. The predicted molar refractivity (Wildman–Crippen MR) is 113 cm³/mol. The number of nitrogens with one attached hydrogen (secondary N) is 2. The third kappa shape index (κ3) is 4.39. The number of carbonyl (C=O) groups is 2. The minimum Gasteiger partial charge on any atom is -0.335 e. The van der Waals surface area contributed by atoms with Crippen LogP contribution < -0.4 is 10.6 Å². The highest BCUT2D eigenvalue weighted by Gasteiger charge is 2.27. The van der Waals surface area contributed by atoms with Crippen LogP contribution in [0.25, 0.3) is 0 Å². The molecule has 2 heterocycles. The second-order valence-corrected chi connectivity index (χ2v) is 8.86. The molecule has 3 amide bonds. The van der Waals surface area contributed by atoms with E-state index in [1.807, 2.05) is 0 Å². The summed E-state index contributed by atoms with van der Waals surface area (Å²) in [5.74, 6) is -0.303. The van der Waals surface area contributed by atoms with Crippen molar-refractivity contribution < 1.29 is 14.5 Å². The van der Waals surface area contributed by atoms with E-state index in [1.54, 1.807) is 4.90 Å². The van der Waals surface area contributed by atoms with Crippen molar-refractivity contribution in [1.29, 1.82) is 0 Å². The van der Waals surface area contributed by atoms with Gasteiger partial charge in [-0.15, -0.1) is 0 Å². The average Bonchev–Trinajstić information content (AvgIpc) is 3.35. The highest BCUT2D eigenvalue weighted by atomic mass is 35.5. The van der Waals surface area contributed by atoms with Crippen molar-refractivity contribution in [2.75, 3.05) is 11.9 Å². The Bertz CT molecular complexity index is 1000. The fraction of sp³-hybridized carbons (Fsp3) is 0.421. The summed E-state index contributed by atoms with van der Waals surface area (Å²) in [6.45, 7) is 0.786. The van der Waals surface area contributed by atoms with E-state index in [1.165, 1.54) is 29.5 Å². The smallest absolute Gasteiger partial charge is 0.321 e. The standard InChI is InChI=1S/C19H20ClN5O4S/c20-13-6-5-11(9-15(13)25(28)29)17(26)24-8-7-14-16(10-24)30-19(22-14)23-18(27)21-12-3-1-2-4-12/h5-6,9,12H,1-4,7-8,10H2,(H2,21,22,23,27). The lowest BCUT2D eigenvalue weighted by molar-refractivity contribution is -0.384. The average molecular weight is 450 g/mol. The number of nitro groups is 1. The first-order valence-corrected chi connectivity index (χ1v) is 10.9. The van der Waals surface area contributed by atoms with Crippen LogP contribution in [0.1, 0.15) is 46.6 Å². The molecule has 1 aromatic carbocycles. The van der Waals surface area contributed by atoms with Crippen molar-refractivity contribution >= 4 is 45.7 Å². The number of nitrogens with zero attached hydrogens (tertiary/aromatic N) is 3. The molecule has 9 nitrogen and oxygen atoms in total. The molecule has 1 aliphatic carbocycles. The molecular formula is C19H20ClN5O4S. The van der Waals surface area contributed by atoms with Gasteiger partial charge in [0.2, 0.25) is 0 Å². The van der Waals surface area contributed by atoms with Crippen molar-refractivity contribution in [1.82, 2.24) is 15.2 Å². The molecule has 0 radical (unpaired) electrons. The van der Waals surface area contributed by atoms with Crippen LogP contribution in [-0.2, 0) is 13.0 Å². The summed E-state index contributed by atoms with van der Waals surface area (Å²) in [6.07, 6.45) is 4.83. The zero-order valence-corrected chi connectivity index (χ0v) is 17.6. The van der Waals surface area contributed by atoms with E-state index >= 15 is 0 Å². The largest absolute Gasteiger partial charge is 0.335 e. The number of thiazole rings is 1. The van der Waals surface area contributed by atoms with Gasteiger partial charge in [0, 0.05) is 35.5 Å². The van der Waals surface area contributed by atoms with Crippen molar-refractivity contribution in [3.05, 3.63) is 49.5 Å². The molecule has 30 heavy (non-hydrogen) atoms. The molecule has 0 spiro atoms. The highest BCUT2D eigenvalue weighted by Crippen LogP contribution is 2.30. The zero-order valence-electron chi connectivity index (χ0n) is 16.0. The van der Waals surface area contributed by atoms with Gasteiger partial charge in [-0.1, -0.05) is 35.8 Å². The lowest BCUT2D eigenvalue weighted by Crippen LogP contribution is -2.36. The molecule has 2 aliphatic rings. The molecule has 2 N–H and O–H groups in total. The molecule has 1 fully saturated rings. The van der Waals surface area contributed by atoms with Crippen molar-refractivity contribution in [3.63, 3.8) is 0 Å². The Labute approximate surface area is 181 Å². The first-order valence-electron chi connectivity index (χ1n) is 9.70. The Balaban J connectivity index is 1.42. The van der Waals surface area contributed by atoms with E-state index in [9.17, 15) is 19.7 Å². The summed E-state index contributed by atoms with van der Waals surface area (Å²) in [4.78, 5) is 42.5. The fourth-order valence-corrected chi connectivity index (χ4v) is 4.98. The molecule has 0 unspecified atom stereocenters. The molecule has 1 aliphatic heterocycles. The Hall–Kier alpha value is -2.72. The maximum Gasteiger partial charge on any atom is 0.321 e. The van der Waals surface area contributed by atoms with Gasteiger partial charge < -0.3 is 10.2 Å². The monoisotopic (exact) mass is 449 g/mol. The number of aromatic nitrogens is 1. The predicted octanol–water partition coefficient (Wildman–Crippen LogP) is 3.97. The van der Waals surface area contributed by atoms with Gasteiger partial charge in [0.25, 0.3) is 11.6 Å². The number of amides is 3. The summed E-state index contributed by atoms with van der Waals surface area (Å²) >= 11 is 7.18. The number of rotatable bonds is 4. The van der Waals surface area contributed by atoms with Gasteiger partial charge in [-0.3, -0.25) is 20.2 Å². The van der Waals surface area contributed by atoms with Crippen molar-refractivity contribution in [2.24, 2.45) is 0 Å². The number of hydrogen-bond donors (Lipinski definition) is 2. The summed E-state index contributed by atoms with van der Waals surface area (Å²) < 4.78 is 0. The maximum absolute atomic E-state index is 12.8. The molecule has 0 bridgehead atoms. The van der Waals surface area contributed by atoms with Crippen LogP contribution in [-0.4, -0.2) is 39.3 Å². The summed E-state index contributed by atoms with van der Waals surface area (Å²) in [6, 6.07) is 4.01. The molecule has 158 valence electrons. The maximum atomic E-state index is 12.8. The summed E-state index contributed by atoms with van der Waals surface area (Å²) in [5, 5.41) is 17.3. The first-order chi connectivity index (χ1) is 14.4. The topological polar surface area (TPSA) is 117 Å². The minimum absolute atomic E-state index is 0.00784. The van der Waals surface area contributed by atoms with Crippen LogP contribution in [0.3, 0.4) is 0 Å². The van der Waals surface area contributed by atoms with Gasteiger partial charge in [0.1, 0.15) is 5.02 Å². The second-order valence-electron chi connectivity index (χ2n) is 7.37. The van der Waals surface area contributed by atoms with Gasteiger partial charge in [-0.2, -0.15) is 0 Å². The normalized spacial score (nSPS) is 16.2. The second kappa shape index (κ2) is 8.57. The molecule has 1 saturated carbocycles. The van der Waals surface area contributed by atoms with E-state index < -0.39 is 4.92 Å². The van der Waals surface area contributed by atoms with Crippen LogP contribution in [0, 0.1) is 10.1 Å². The SMILES string of the molecule is O=C(Nc1nc2c(s1)CN(C(=O)c1ccc(Cl)c([N+](=O)[O-])c1)CC2)NC1CCCC1. The van der Waals surface area contributed by atoms with Gasteiger partial charge >= 0.3 is 6.03 Å². The quantitative estimate of drug-likeness (QED) is 0.541. The van der Waals surface area contributed by atoms with Crippen LogP contribution in [0.4, 0.5) is 15.6 Å². The Morgan fingerprint density at radius 1 is 1.30 bits per heavy atom. The van der Waals surface area contributed by atoms with Gasteiger partial charge in [0.05, 0.1) is 17.2 Å². The van der Waals surface area contributed by atoms with Gasteiger partial charge in [-0.05, 0) is 25.0 Å². The number of benzene rings is 1. The summed E-state index contributed by atoms with van der Waals surface area (Å²) in [5.41, 5.74) is 0.786. The molecule has 4 rings (SSSR count). The van der Waals surface area contributed by atoms with Crippen LogP contribution in [0.5, 0.6) is 0 Å². The molecular weight excluding hydrogens is 430 g/mol. The lowest BCUT2D eigenvalue weighted by Gasteiger charge is -2.26. The molecule has 1 aromatic heterocycles. The van der Waals surface area contributed by atoms with Crippen molar-refractivity contribution in [2.45, 2.75) is 44.7 Å². The van der Waals surface area contributed by atoms with E-state index in [2.05, 4.69) is 15.6 Å². The minimum atomic E-state index is -0.606.